The molecule has 0 spiro atoms. The van der Waals surface area contributed by atoms with Crippen molar-refractivity contribution in [1.29, 1.82) is 0 Å². The van der Waals surface area contributed by atoms with Crippen molar-refractivity contribution in [1.82, 2.24) is 10.2 Å². The van der Waals surface area contributed by atoms with Crippen molar-refractivity contribution in [3.8, 4) is 0 Å². The highest BCUT2D eigenvalue weighted by molar-refractivity contribution is 7.07. The standard InChI is InChI=1S/C13H20N2O2S/c16-7-2-1-6-15(12-3-4-12)13(17)14-9-11-5-8-18-10-11/h5,8,10,12,16H,1-4,6-7,9H2,(H,14,17). The molecule has 0 saturated heterocycles. The van der Waals surface area contributed by atoms with Crippen LogP contribution in [0.2, 0.25) is 0 Å². The fourth-order valence-corrected chi connectivity index (χ4v) is 2.57. The van der Waals surface area contributed by atoms with Gasteiger partial charge in [0.15, 0.2) is 0 Å². The summed E-state index contributed by atoms with van der Waals surface area (Å²) in [4.78, 5) is 14.0. The molecular weight excluding hydrogens is 248 g/mol. The van der Waals surface area contributed by atoms with Crippen molar-refractivity contribution in [3.05, 3.63) is 22.4 Å². The molecule has 1 fully saturated rings. The average molecular weight is 268 g/mol. The van der Waals surface area contributed by atoms with Gasteiger partial charge in [0.25, 0.3) is 0 Å². The Bertz CT molecular complexity index is 363. The van der Waals surface area contributed by atoms with Crippen LogP contribution in [-0.2, 0) is 6.54 Å². The highest BCUT2D eigenvalue weighted by Crippen LogP contribution is 2.27. The van der Waals surface area contributed by atoms with Crippen molar-refractivity contribution >= 4 is 17.4 Å². The van der Waals surface area contributed by atoms with E-state index in [2.05, 4.69) is 5.32 Å². The molecule has 1 aliphatic rings. The smallest absolute Gasteiger partial charge is 0.317 e. The minimum Gasteiger partial charge on any atom is -0.396 e. The molecule has 100 valence electrons. The lowest BCUT2D eigenvalue weighted by atomic mass is 10.3. The minimum atomic E-state index is 0.0293. The first-order valence-electron chi connectivity index (χ1n) is 6.47. The maximum Gasteiger partial charge on any atom is 0.317 e. The van der Waals surface area contributed by atoms with Gasteiger partial charge in [-0.25, -0.2) is 4.79 Å². The Morgan fingerprint density at radius 3 is 2.94 bits per heavy atom. The quantitative estimate of drug-likeness (QED) is 0.745. The molecule has 4 nitrogen and oxygen atoms in total. The lowest BCUT2D eigenvalue weighted by Crippen LogP contribution is -2.41. The first-order chi connectivity index (χ1) is 8.81. The molecule has 5 heteroatoms. The largest absolute Gasteiger partial charge is 0.396 e. The maximum atomic E-state index is 12.1. The molecule has 0 aromatic carbocycles. The Balaban J connectivity index is 1.76. The van der Waals surface area contributed by atoms with Gasteiger partial charge >= 0.3 is 6.03 Å². The summed E-state index contributed by atoms with van der Waals surface area (Å²) >= 11 is 1.64. The Labute approximate surface area is 112 Å². The number of nitrogens with zero attached hydrogens (tertiary/aromatic N) is 1. The SMILES string of the molecule is O=C(NCc1ccsc1)N(CCCCO)C1CC1. The summed E-state index contributed by atoms with van der Waals surface area (Å²) in [6.07, 6.45) is 3.87. The van der Waals surface area contributed by atoms with Crippen LogP contribution >= 0.6 is 11.3 Å². The summed E-state index contributed by atoms with van der Waals surface area (Å²) in [5.41, 5.74) is 1.15. The molecule has 0 aliphatic heterocycles. The molecule has 18 heavy (non-hydrogen) atoms. The Morgan fingerprint density at radius 2 is 2.33 bits per heavy atom. The van der Waals surface area contributed by atoms with Crippen LogP contribution in [0.1, 0.15) is 31.2 Å². The fraction of sp³-hybridized carbons (Fsp3) is 0.615. The summed E-state index contributed by atoms with van der Waals surface area (Å²) < 4.78 is 0. The molecule has 0 radical (unpaired) electrons. The van der Waals surface area contributed by atoms with Gasteiger partial charge in [0, 0.05) is 25.7 Å². The Kier molecular flexibility index (Phi) is 5.01. The van der Waals surface area contributed by atoms with Crippen molar-refractivity contribution in [2.75, 3.05) is 13.2 Å². The van der Waals surface area contributed by atoms with Crippen LogP contribution in [0.5, 0.6) is 0 Å². The molecule has 2 amide bonds. The van der Waals surface area contributed by atoms with Crippen LogP contribution < -0.4 is 5.32 Å². The van der Waals surface area contributed by atoms with Crippen LogP contribution in [0, 0.1) is 0 Å². The van der Waals surface area contributed by atoms with E-state index >= 15 is 0 Å². The third kappa shape index (κ3) is 3.99. The molecule has 0 atom stereocenters. The number of carbonyl (C=O) groups is 1. The number of hydrogen-bond acceptors (Lipinski definition) is 3. The zero-order valence-corrected chi connectivity index (χ0v) is 11.3. The summed E-state index contributed by atoms with van der Waals surface area (Å²) in [6.45, 7) is 1.56. The number of rotatable bonds is 7. The van der Waals surface area contributed by atoms with E-state index in [1.54, 1.807) is 11.3 Å². The van der Waals surface area contributed by atoms with Crippen LogP contribution in [0.15, 0.2) is 16.8 Å². The first-order valence-corrected chi connectivity index (χ1v) is 7.42. The number of carbonyl (C=O) groups excluding carboxylic acids is 1. The van der Waals surface area contributed by atoms with E-state index in [1.807, 2.05) is 21.7 Å². The second kappa shape index (κ2) is 6.75. The van der Waals surface area contributed by atoms with Gasteiger partial charge in [-0.3, -0.25) is 0 Å². The molecule has 1 aromatic heterocycles. The summed E-state index contributed by atoms with van der Waals surface area (Å²) in [5, 5.41) is 15.8. The van der Waals surface area contributed by atoms with Gasteiger partial charge in [0.05, 0.1) is 0 Å². The van der Waals surface area contributed by atoms with Gasteiger partial charge in [0.1, 0.15) is 0 Å². The fourth-order valence-electron chi connectivity index (χ4n) is 1.90. The zero-order chi connectivity index (χ0) is 12.8. The van der Waals surface area contributed by atoms with Crippen LogP contribution in [0.3, 0.4) is 0 Å². The lowest BCUT2D eigenvalue weighted by molar-refractivity contribution is 0.190. The minimum absolute atomic E-state index is 0.0293. The van der Waals surface area contributed by atoms with E-state index in [0.717, 1.165) is 37.8 Å². The van der Waals surface area contributed by atoms with Gasteiger partial charge < -0.3 is 15.3 Å². The zero-order valence-electron chi connectivity index (χ0n) is 10.5. The monoisotopic (exact) mass is 268 g/mol. The molecule has 1 aliphatic carbocycles. The first kappa shape index (κ1) is 13.4. The van der Waals surface area contributed by atoms with E-state index in [0.29, 0.717) is 12.6 Å². The highest BCUT2D eigenvalue weighted by atomic mass is 32.1. The van der Waals surface area contributed by atoms with Crippen molar-refractivity contribution in [2.45, 2.75) is 38.3 Å². The summed E-state index contributed by atoms with van der Waals surface area (Å²) in [7, 11) is 0. The predicted molar refractivity (Wildman–Crippen MR) is 72.6 cm³/mol. The topological polar surface area (TPSA) is 52.6 Å². The number of unbranched alkanes of at least 4 members (excludes halogenated alkanes) is 1. The van der Waals surface area contributed by atoms with E-state index in [9.17, 15) is 4.79 Å². The van der Waals surface area contributed by atoms with E-state index in [4.69, 9.17) is 5.11 Å². The second-order valence-electron chi connectivity index (χ2n) is 4.65. The number of amides is 2. The number of urea groups is 1. The van der Waals surface area contributed by atoms with Gasteiger partial charge in [-0.2, -0.15) is 11.3 Å². The normalized spacial score (nSPS) is 14.5. The molecular formula is C13H20N2O2S. The van der Waals surface area contributed by atoms with Gasteiger partial charge in [-0.1, -0.05) is 0 Å². The second-order valence-corrected chi connectivity index (χ2v) is 5.43. The lowest BCUT2D eigenvalue weighted by Gasteiger charge is -2.22. The van der Waals surface area contributed by atoms with E-state index < -0.39 is 0 Å². The molecule has 0 unspecified atom stereocenters. The number of aliphatic hydroxyl groups excluding tert-OH is 1. The highest BCUT2D eigenvalue weighted by Gasteiger charge is 2.31. The van der Waals surface area contributed by atoms with Crippen LogP contribution in [-0.4, -0.2) is 35.2 Å². The number of thiophene rings is 1. The molecule has 1 heterocycles. The molecule has 1 saturated carbocycles. The third-order valence-electron chi connectivity index (χ3n) is 3.08. The molecule has 2 N–H and O–H groups in total. The van der Waals surface area contributed by atoms with Crippen LogP contribution in [0.25, 0.3) is 0 Å². The van der Waals surface area contributed by atoms with Gasteiger partial charge in [0.2, 0.25) is 0 Å². The van der Waals surface area contributed by atoms with Crippen LogP contribution in [0.4, 0.5) is 4.79 Å². The van der Waals surface area contributed by atoms with Crippen molar-refractivity contribution in [3.63, 3.8) is 0 Å². The summed E-state index contributed by atoms with van der Waals surface area (Å²) in [5.74, 6) is 0. The predicted octanol–water partition coefficient (Wildman–Crippen LogP) is 2.19. The third-order valence-corrected chi connectivity index (χ3v) is 3.81. The average Bonchev–Trinajstić information content (AvgIpc) is 3.07. The number of hydrogen-bond donors (Lipinski definition) is 2. The Hall–Kier alpha value is -1.07. The summed E-state index contributed by atoms with van der Waals surface area (Å²) in [6, 6.07) is 2.48. The number of aliphatic hydroxyl groups is 1. The molecule has 1 aromatic rings. The van der Waals surface area contributed by atoms with Gasteiger partial charge in [-0.15, -0.1) is 0 Å². The van der Waals surface area contributed by atoms with E-state index in [1.165, 1.54) is 0 Å². The van der Waals surface area contributed by atoms with Crippen molar-refractivity contribution in [2.24, 2.45) is 0 Å². The van der Waals surface area contributed by atoms with Crippen molar-refractivity contribution < 1.29 is 9.90 Å². The number of nitrogens with one attached hydrogen (secondary N) is 1. The molecule has 2 rings (SSSR count). The van der Waals surface area contributed by atoms with E-state index in [-0.39, 0.29) is 12.6 Å². The van der Waals surface area contributed by atoms with Gasteiger partial charge in [-0.05, 0) is 48.1 Å². The Morgan fingerprint density at radius 1 is 1.50 bits per heavy atom. The maximum absolute atomic E-state index is 12.1. The molecule has 0 bridgehead atoms.